The summed E-state index contributed by atoms with van der Waals surface area (Å²) in [5, 5.41) is 9.30. The van der Waals surface area contributed by atoms with E-state index >= 15 is 0 Å². The number of carbonyl (C=O) groups excluding carboxylic acids is 1. The normalized spacial score (nSPS) is 11.9. The highest BCUT2D eigenvalue weighted by molar-refractivity contribution is 6.32. The summed E-state index contributed by atoms with van der Waals surface area (Å²) < 4.78 is 24.4. The minimum atomic E-state index is -0.265. The molecule has 0 saturated carbocycles. The number of carbonyl (C=O) groups is 1. The van der Waals surface area contributed by atoms with Crippen molar-refractivity contribution < 1.29 is 23.7 Å². The van der Waals surface area contributed by atoms with Crippen LogP contribution in [0, 0.1) is 11.3 Å². The fourth-order valence-corrected chi connectivity index (χ4v) is 4.19. The molecular formula is C29H21ClN2O6. The van der Waals surface area contributed by atoms with Gasteiger partial charge in [0.25, 0.3) is 5.56 Å². The summed E-state index contributed by atoms with van der Waals surface area (Å²) in [6.45, 7) is 1.00. The van der Waals surface area contributed by atoms with Crippen LogP contribution in [0.1, 0.15) is 27.0 Å². The minimum Gasteiger partial charge on any atom is -0.488 e. The van der Waals surface area contributed by atoms with Gasteiger partial charge in [-0.05, 0) is 48.0 Å². The zero-order chi connectivity index (χ0) is 26.5. The Morgan fingerprint density at radius 3 is 2.58 bits per heavy atom. The van der Waals surface area contributed by atoms with Crippen molar-refractivity contribution >= 4 is 17.9 Å². The predicted octanol–water partition coefficient (Wildman–Crippen LogP) is 5.10. The highest BCUT2D eigenvalue weighted by atomic mass is 35.5. The molecule has 0 saturated heterocycles. The molecule has 0 spiro atoms. The van der Waals surface area contributed by atoms with Crippen molar-refractivity contribution in [3.63, 3.8) is 0 Å². The van der Waals surface area contributed by atoms with E-state index < -0.39 is 0 Å². The molecule has 0 radical (unpaired) electrons. The van der Waals surface area contributed by atoms with Gasteiger partial charge in [-0.25, -0.2) is 0 Å². The molecule has 4 aromatic rings. The summed E-state index contributed by atoms with van der Waals surface area (Å²) in [5.74, 6) is 1.74. The molecular weight excluding hydrogens is 508 g/mol. The van der Waals surface area contributed by atoms with E-state index in [9.17, 15) is 9.59 Å². The molecule has 9 heteroatoms. The number of ether oxygens (including phenoxy) is 4. The minimum absolute atomic E-state index is 0.0615. The predicted molar refractivity (Wildman–Crippen MR) is 140 cm³/mol. The second-order valence-electron chi connectivity index (χ2n) is 8.36. The zero-order valence-corrected chi connectivity index (χ0v) is 20.8. The number of fused-ring (bicyclic) bond motifs is 1. The Balaban J connectivity index is 1.35. The molecule has 0 aliphatic carbocycles. The van der Waals surface area contributed by atoms with Crippen LogP contribution in [0.5, 0.6) is 23.0 Å². The third-order valence-corrected chi connectivity index (χ3v) is 6.15. The molecule has 0 atom stereocenters. The van der Waals surface area contributed by atoms with Gasteiger partial charge in [0, 0.05) is 18.3 Å². The molecule has 1 aliphatic heterocycles. The van der Waals surface area contributed by atoms with Crippen molar-refractivity contribution in [1.29, 1.82) is 5.26 Å². The second-order valence-corrected chi connectivity index (χ2v) is 8.77. The van der Waals surface area contributed by atoms with E-state index in [1.54, 1.807) is 54.7 Å². The van der Waals surface area contributed by atoms with E-state index in [1.807, 2.05) is 6.07 Å². The van der Waals surface area contributed by atoms with Gasteiger partial charge < -0.3 is 18.9 Å². The Kier molecular flexibility index (Phi) is 7.29. The lowest BCUT2D eigenvalue weighted by atomic mass is 10.1. The van der Waals surface area contributed by atoms with E-state index in [0.29, 0.717) is 47.8 Å². The maximum absolute atomic E-state index is 13.2. The number of benzene rings is 3. The van der Waals surface area contributed by atoms with Crippen molar-refractivity contribution in [3.05, 3.63) is 111 Å². The van der Waals surface area contributed by atoms with Gasteiger partial charge in [0.1, 0.15) is 37.9 Å². The summed E-state index contributed by atoms with van der Waals surface area (Å²) in [6.07, 6.45) is 2.30. The highest BCUT2D eigenvalue weighted by Gasteiger charge is 2.15. The number of nitrogens with zero attached hydrogens (tertiary/aromatic N) is 2. The average molecular weight is 529 g/mol. The molecule has 2 heterocycles. The molecule has 0 fully saturated rings. The SMILES string of the molecule is N#Cc1cccc(COc2cc(OCc3cccn(-c4ccc5c(c4)OCCO5)c3=O)c(Cl)cc2C=O)c1. The third kappa shape index (κ3) is 5.33. The van der Waals surface area contributed by atoms with Crippen LogP contribution in [0.15, 0.2) is 77.7 Å². The number of halogens is 1. The lowest BCUT2D eigenvalue weighted by Gasteiger charge is -2.19. The number of rotatable bonds is 8. The van der Waals surface area contributed by atoms with Crippen LogP contribution < -0.4 is 24.5 Å². The third-order valence-electron chi connectivity index (χ3n) is 5.85. The van der Waals surface area contributed by atoms with Crippen LogP contribution in [0.25, 0.3) is 5.69 Å². The summed E-state index contributed by atoms with van der Waals surface area (Å²) >= 11 is 6.35. The highest BCUT2D eigenvalue weighted by Crippen LogP contribution is 2.34. The van der Waals surface area contributed by atoms with Crippen molar-refractivity contribution in [1.82, 2.24) is 4.57 Å². The van der Waals surface area contributed by atoms with Crippen molar-refractivity contribution in [2.75, 3.05) is 13.2 Å². The van der Waals surface area contributed by atoms with Crippen LogP contribution in [0.4, 0.5) is 0 Å². The van der Waals surface area contributed by atoms with E-state index in [4.69, 9.17) is 35.8 Å². The van der Waals surface area contributed by atoms with E-state index in [2.05, 4.69) is 6.07 Å². The summed E-state index contributed by atoms with van der Waals surface area (Å²) in [7, 11) is 0. The molecule has 1 aliphatic rings. The first-order chi connectivity index (χ1) is 18.6. The standard InChI is InChI=1S/C29H21ClN2O6/c30-24-12-22(16-33)26(37-17-20-4-1-3-19(11-20)15-31)14-27(24)38-18-21-5-2-8-32(29(21)34)23-6-7-25-28(13-23)36-10-9-35-25/h1-8,11-14,16H,9-10,17-18H2. The summed E-state index contributed by atoms with van der Waals surface area (Å²) in [5.41, 5.74) is 2.28. The first kappa shape index (κ1) is 24.9. The Labute approximate surface area is 223 Å². The van der Waals surface area contributed by atoms with Gasteiger partial charge in [0.15, 0.2) is 17.8 Å². The molecule has 0 amide bonds. The van der Waals surface area contributed by atoms with E-state index in [0.717, 1.165) is 5.56 Å². The van der Waals surface area contributed by atoms with Gasteiger partial charge in [-0.1, -0.05) is 23.7 Å². The Hall–Kier alpha value is -4.74. The van der Waals surface area contributed by atoms with Crippen molar-refractivity contribution in [2.45, 2.75) is 13.2 Å². The van der Waals surface area contributed by atoms with Gasteiger partial charge >= 0.3 is 0 Å². The van der Waals surface area contributed by atoms with Crippen LogP contribution in [0.3, 0.4) is 0 Å². The van der Waals surface area contributed by atoms with Gasteiger partial charge in [-0.2, -0.15) is 5.26 Å². The summed E-state index contributed by atoms with van der Waals surface area (Å²) in [4.78, 5) is 24.8. The molecule has 8 nitrogen and oxygen atoms in total. The second kappa shape index (κ2) is 11.1. The molecule has 3 aromatic carbocycles. The monoisotopic (exact) mass is 528 g/mol. The molecule has 190 valence electrons. The summed E-state index contributed by atoms with van der Waals surface area (Å²) in [6, 6.07) is 20.7. The van der Waals surface area contributed by atoms with Crippen LogP contribution in [-0.4, -0.2) is 24.1 Å². The number of pyridine rings is 1. The lowest BCUT2D eigenvalue weighted by Crippen LogP contribution is -2.23. The average Bonchev–Trinajstić information content (AvgIpc) is 2.96. The van der Waals surface area contributed by atoms with Gasteiger partial charge in [-0.3, -0.25) is 14.2 Å². The number of hydrogen-bond acceptors (Lipinski definition) is 7. The van der Waals surface area contributed by atoms with E-state index in [-0.39, 0.29) is 40.9 Å². The Bertz CT molecular complexity index is 1610. The number of hydrogen-bond donors (Lipinski definition) is 0. The Morgan fingerprint density at radius 2 is 1.76 bits per heavy atom. The van der Waals surface area contributed by atoms with Crippen LogP contribution in [0.2, 0.25) is 5.02 Å². The molecule has 0 N–H and O–H groups in total. The number of nitriles is 1. The molecule has 38 heavy (non-hydrogen) atoms. The quantitative estimate of drug-likeness (QED) is 0.293. The zero-order valence-electron chi connectivity index (χ0n) is 20.1. The first-order valence-corrected chi connectivity index (χ1v) is 12.1. The van der Waals surface area contributed by atoms with E-state index in [1.165, 1.54) is 16.7 Å². The molecule has 1 aromatic heterocycles. The number of aromatic nitrogens is 1. The molecule has 0 unspecified atom stereocenters. The number of aldehydes is 1. The van der Waals surface area contributed by atoms with Crippen LogP contribution >= 0.6 is 11.6 Å². The van der Waals surface area contributed by atoms with Gasteiger partial charge in [0.2, 0.25) is 0 Å². The van der Waals surface area contributed by atoms with Crippen molar-refractivity contribution in [2.24, 2.45) is 0 Å². The topological polar surface area (TPSA) is 99.8 Å². The fraction of sp³-hybridized carbons (Fsp3) is 0.138. The van der Waals surface area contributed by atoms with Crippen LogP contribution in [-0.2, 0) is 13.2 Å². The molecule has 5 rings (SSSR count). The fourth-order valence-electron chi connectivity index (χ4n) is 3.96. The Morgan fingerprint density at radius 1 is 0.947 bits per heavy atom. The maximum atomic E-state index is 13.2. The van der Waals surface area contributed by atoms with Crippen molar-refractivity contribution in [3.8, 4) is 34.8 Å². The van der Waals surface area contributed by atoms with Gasteiger partial charge in [-0.15, -0.1) is 0 Å². The first-order valence-electron chi connectivity index (χ1n) is 11.7. The lowest BCUT2D eigenvalue weighted by molar-refractivity contribution is 0.111. The maximum Gasteiger partial charge on any atom is 0.261 e. The van der Waals surface area contributed by atoms with Gasteiger partial charge in [0.05, 0.1) is 33.5 Å². The molecule has 0 bridgehead atoms. The smallest absolute Gasteiger partial charge is 0.261 e. The largest absolute Gasteiger partial charge is 0.488 e.